The Labute approximate surface area is 99.3 Å². The predicted molar refractivity (Wildman–Crippen MR) is 61.7 cm³/mol. The van der Waals surface area contributed by atoms with Crippen LogP contribution in [0.3, 0.4) is 0 Å². The molecule has 6 heteroatoms. The molecule has 1 rings (SSSR count). The van der Waals surface area contributed by atoms with E-state index in [1.165, 1.54) is 11.1 Å². The van der Waals surface area contributed by atoms with Crippen LogP contribution >= 0.6 is 0 Å². The Hall–Kier alpha value is -2.11. The van der Waals surface area contributed by atoms with Gasteiger partial charge in [0.05, 0.1) is 12.1 Å². The van der Waals surface area contributed by atoms with Gasteiger partial charge in [-0.2, -0.15) is 0 Å². The molecule has 0 aliphatic carbocycles. The van der Waals surface area contributed by atoms with Gasteiger partial charge in [-0.25, -0.2) is 0 Å². The molecule has 0 aromatic rings. The molecule has 0 aromatic carbocycles. The van der Waals surface area contributed by atoms with Gasteiger partial charge >= 0.3 is 0 Å². The van der Waals surface area contributed by atoms with Gasteiger partial charge in [0.15, 0.2) is 0 Å². The number of allylic oxidation sites excluding steroid dienone is 1. The predicted octanol–water partition coefficient (Wildman–Crippen LogP) is -0.849. The standard InChI is InChI=1S/C11H15N3O3/c1-2-3-9(6-12-8-15)11(17)14-5-4-13-10(16)7-14/h2-3,6,8H,4-5,7H2,1H3,(H,12,15)(H,13,16)/b3-2-,9-6+. The Kier molecular flexibility index (Phi) is 4.93. The third-order valence-electron chi connectivity index (χ3n) is 2.23. The van der Waals surface area contributed by atoms with Crippen LogP contribution in [-0.2, 0) is 14.4 Å². The minimum Gasteiger partial charge on any atom is -0.353 e. The van der Waals surface area contributed by atoms with E-state index in [9.17, 15) is 14.4 Å². The van der Waals surface area contributed by atoms with E-state index in [0.29, 0.717) is 25.1 Å². The first-order valence-electron chi connectivity index (χ1n) is 5.27. The molecule has 1 aliphatic rings. The molecule has 1 aliphatic heterocycles. The first-order valence-corrected chi connectivity index (χ1v) is 5.27. The van der Waals surface area contributed by atoms with Gasteiger partial charge in [0.2, 0.25) is 12.3 Å². The van der Waals surface area contributed by atoms with E-state index in [-0.39, 0.29) is 18.4 Å². The number of carbonyl (C=O) groups excluding carboxylic acids is 3. The van der Waals surface area contributed by atoms with E-state index >= 15 is 0 Å². The monoisotopic (exact) mass is 237 g/mol. The van der Waals surface area contributed by atoms with Gasteiger partial charge in [0, 0.05) is 19.3 Å². The molecule has 1 heterocycles. The first kappa shape index (κ1) is 13.0. The molecule has 6 nitrogen and oxygen atoms in total. The molecular weight excluding hydrogens is 222 g/mol. The number of hydrogen-bond donors (Lipinski definition) is 2. The second-order valence-corrected chi connectivity index (χ2v) is 3.46. The summed E-state index contributed by atoms with van der Waals surface area (Å²) in [4.78, 5) is 34.8. The zero-order chi connectivity index (χ0) is 12.7. The zero-order valence-electron chi connectivity index (χ0n) is 9.60. The summed E-state index contributed by atoms with van der Waals surface area (Å²) >= 11 is 0. The number of rotatable bonds is 4. The van der Waals surface area contributed by atoms with Crippen molar-refractivity contribution in [2.75, 3.05) is 19.6 Å². The molecule has 0 radical (unpaired) electrons. The van der Waals surface area contributed by atoms with E-state index in [0.717, 1.165) is 0 Å². The van der Waals surface area contributed by atoms with Crippen molar-refractivity contribution in [3.8, 4) is 0 Å². The average Bonchev–Trinajstić information content (AvgIpc) is 2.33. The van der Waals surface area contributed by atoms with Gasteiger partial charge in [0.1, 0.15) is 0 Å². The summed E-state index contributed by atoms with van der Waals surface area (Å²) in [6.07, 6.45) is 5.09. The summed E-state index contributed by atoms with van der Waals surface area (Å²) in [6, 6.07) is 0. The molecule has 17 heavy (non-hydrogen) atoms. The van der Waals surface area contributed by atoms with Crippen molar-refractivity contribution in [2.45, 2.75) is 6.92 Å². The normalized spacial score (nSPS) is 16.9. The van der Waals surface area contributed by atoms with Crippen molar-refractivity contribution in [3.63, 3.8) is 0 Å². The van der Waals surface area contributed by atoms with Crippen LogP contribution in [-0.4, -0.2) is 42.8 Å². The van der Waals surface area contributed by atoms with E-state index < -0.39 is 0 Å². The summed E-state index contributed by atoms with van der Waals surface area (Å²) in [7, 11) is 0. The fraction of sp³-hybridized carbons (Fsp3) is 0.364. The Morgan fingerprint density at radius 2 is 2.29 bits per heavy atom. The Morgan fingerprint density at radius 3 is 2.88 bits per heavy atom. The Morgan fingerprint density at radius 1 is 1.53 bits per heavy atom. The van der Waals surface area contributed by atoms with Gasteiger partial charge < -0.3 is 15.5 Å². The number of nitrogens with zero attached hydrogens (tertiary/aromatic N) is 1. The lowest BCUT2D eigenvalue weighted by Gasteiger charge is -2.26. The number of amides is 3. The third kappa shape index (κ3) is 3.75. The summed E-state index contributed by atoms with van der Waals surface area (Å²) < 4.78 is 0. The lowest BCUT2D eigenvalue weighted by atomic mass is 10.2. The molecule has 2 N–H and O–H groups in total. The quantitative estimate of drug-likeness (QED) is 0.380. The van der Waals surface area contributed by atoms with Gasteiger partial charge in [-0.15, -0.1) is 0 Å². The minimum absolute atomic E-state index is 0.0504. The summed E-state index contributed by atoms with van der Waals surface area (Å²) in [5.74, 6) is -0.444. The highest BCUT2D eigenvalue weighted by Gasteiger charge is 2.22. The maximum Gasteiger partial charge on any atom is 0.255 e. The minimum atomic E-state index is -0.271. The highest BCUT2D eigenvalue weighted by molar-refractivity contribution is 5.98. The van der Waals surface area contributed by atoms with E-state index in [2.05, 4.69) is 10.6 Å². The SMILES string of the molecule is C/C=C\C(=C/NC=O)C(=O)N1CCNC(=O)C1. The second-order valence-electron chi connectivity index (χ2n) is 3.46. The Balaban J connectivity index is 2.76. The maximum absolute atomic E-state index is 12.0. The molecule has 0 spiro atoms. The molecule has 0 bridgehead atoms. The number of hydrogen-bond acceptors (Lipinski definition) is 3. The van der Waals surface area contributed by atoms with Crippen LogP contribution in [0.2, 0.25) is 0 Å². The summed E-state index contributed by atoms with van der Waals surface area (Å²) in [5.41, 5.74) is 0.342. The molecule has 1 saturated heterocycles. The van der Waals surface area contributed by atoms with Crippen LogP contribution in [0.4, 0.5) is 0 Å². The van der Waals surface area contributed by atoms with Gasteiger partial charge in [-0.3, -0.25) is 14.4 Å². The van der Waals surface area contributed by atoms with Crippen molar-refractivity contribution in [2.24, 2.45) is 0 Å². The van der Waals surface area contributed by atoms with E-state index in [1.54, 1.807) is 19.1 Å². The van der Waals surface area contributed by atoms with E-state index in [1.807, 2.05) is 0 Å². The fourth-order valence-electron chi connectivity index (χ4n) is 1.48. The topological polar surface area (TPSA) is 78.5 Å². The van der Waals surface area contributed by atoms with Crippen LogP contribution in [0, 0.1) is 0 Å². The molecule has 3 amide bonds. The van der Waals surface area contributed by atoms with Gasteiger partial charge in [-0.05, 0) is 6.92 Å². The molecule has 1 fully saturated rings. The van der Waals surface area contributed by atoms with Gasteiger partial charge in [0.25, 0.3) is 5.91 Å². The number of nitrogens with one attached hydrogen (secondary N) is 2. The first-order chi connectivity index (χ1) is 8.19. The second kappa shape index (κ2) is 6.47. The molecule has 92 valence electrons. The van der Waals surface area contributed by atoms with Crippen molar-refractivity contribution in [1.82, 2.24) is 15.5 Å². The summed E-state index contributed by atoms with van der Waals surface area (Å²) in [5, 5.41) is 4.96. The molecular formula is C11H15N3O3. The van der Waals surface area contributed by atoms with Crippen molar-refractivity contribution >= 4 is 18.2 Å². The lowest BCUT2D eigenvalue weighted by Crippen LogP contribution is -2.50. The lowest BCUT2D eigenvalue weighted by molar-refractivity contribution is -0.135. The molecule has 0 atom stereocenters. The van der Waals surface area contributed by atoms with Crippen molar-refractivity contribution in [1.29, 1.82) is 0 Å². The number of piperazine rings is 1. The van der Waals surface area contributed by atoms with Gasteiger partial charge in [-0.1, -0.05) is 12.2 Å². The van der Waals surface area contributed by atoms with Crippen molar-refractivity contribution in [3.05, 3.63) is 23.9 Å². The largest absolute Gasteiger partial charge is 0.353 e. The van der Waals surface area contributed by atoms with Crippen LogP contribution in [0.5, 0.6) is 0 Å². The summed E-state index contributed by atoms with van der Waals surface area (Å²) in [6.45, 7) is 2.75. The van der Waals surface area contributed by atoms with Crippen molar-refractivity contribution < 1.29 is 14.4 Å². The third-order valence-corrected chi connectivity index (χ3v) is 2.23. The maximum atomic E-state index is 12.0. The molecule has 0 aromatic heterocycles. The number of carbonyl (C=O) groups is 3. The fourth-order valence-corrected chi connectivity index (χ4v) is 1.48. The highest BCUT2D eigenvalue weighted by Crippen LogP contribution is 2.05. The van der Waals surface area contributed by atoms with E-state index in [4.69, 9.17) is 0 Å². The van der Waals surface area contributed by atoms with Crippen LogP contribution in [0.25, 0.3) is 0 Å². The zero-order valence-corrected chi connectivity index (χ0v) is 9.60. The Bertz CT molecular complexity index is 374. The van der Waals surface area contributed by atoms with Crippen LogP contribution < -0.4 is 10.6 Å². The van der Waals surface area contributed by atoms with Crippen LogP contribution in [0.1, 0.15) is 6.92 Å². The van der Waals surface area contributed by atoms with Crippen LogP contribution in [0.15, 0.2) is 23.9 Å². The molecule has 0 unspecified atom stereocenters. The molecule has 0 saturated carbocycles. The highest BCUT2D eigenvalue weighted by atomic mass is 16.2. The average molecular weight is 237 g/mol. The smallest absolute Gasteiger partial charge is 0.255 e.